The Kier molecular flexibility index (Phi) is 5.48. The average molecular weight is 304 g/mol. The van der Waals surface area contributed by atoms with Gasteiger partial charge in [-0.2, -0.15) is 0 Å². The van der Waals surface area contributed by atoms with Gasteiger partial charge in [0.2, 0.25) is 0 Å². The first kappa shape index (κ1) is 14.2. The van der Waals surface area contributed by atoms with Crippen molar-refractivity contribution in [1.29, 1.82) is 0 Å². The summed E-state index contributed by atoms with van der Waals surface area (Å²) in [6.45, 7) is 10.2. The number of halogens is 1. The van der Waals surface area contributed by atoms with Crippen molar-refractivity contribution >= 4 is 27.3 Å². The maximum Gasteiger partial charge on any atom is 0.0314 e. The molecule has 1 aromatic rings. The largest absolute Gasteiger partial charge is 0.314 e. The molecule has 1 aromatic heterocycles. The topological polar surface area (TPSA) is 12.0 Å². The van der Waals surface area contributed by atoms with Crippen molar-refractivity contribution < 1.29 is 0 Å². The molecule has 0 aliphatic rings. The lowest BCUT2D eigenvalue weighted by Gasteiger charge is -2.29. The molecule has 0 spiro atoms. The predicted molar refractivity (Wildman–Crippen MR) is 77.3 cm³/mol. The molecule has 1 atom stereocenters. The van der Waals surface area contributed by atoms with E-state index in [1.807, 2.05) is 11.3 Å². The van der Waals surface area contributed by atoms with Crippen LogP contribution in [0.3, 0.4) is 0 Å². The number of thiophene rings is 1. The van der Waals surface area contributed by atoms with Gasteiger partial charge in [0.15, 0.2) is 0 Å². The van der Waals surface area contributed by atoms with Gasteiger partial charge in [-0.1, -0.05) is 27.7 Å². The second kappa shape index (κ2) is 6.18. The molecule has 1 N–H and O–H groups in total. The molecule has 16 heavy (non-hydrogen) atoms. The van der Waals surface area contributed by atoms with Crippen LogP contribution in [-0.2, 0) is 6.42 Å². The molecule has 0 saturated heterocycles. The van der Waals surface area contributed by atoms with Crippen molar-refractivity contribution in [3.05, 3.63) is 20.8 Å². The van der Waals surface area contributed by atoms with Gasteiger partial charge in [-0.25, -0.2) is 0 Å². The summed E-state index contributed by atoms with van der Waals surface area (Å²) < 4.78 is 1.27. The molecule has 92 valence electrons. The van der Waals surface area contributed by atoms with Crippen LogP contribution in [0.1, 0.15) is 39.0 Å². The maximum atomic E-state index is 3.62. The van der Waals surface area contributed by atoms with Crippen LogP contribution < -0.4 is 5.32 Å². The van der Waals surface area contributed by atoms with E-state index in [1.165, 1.54) is 15.8 Å². The quantitative estimate of drug-likeness (QED) is 0.818. The number of rotatable bonds is 6. The molecule has 0 aromatic carbocycles. The first-order chi connectivity index (χ1) is 7.47. The lowest BCUT2D eigenvalue weighted by Crippen LogP contribution is -2.36. The number of hydrogen-bond donors (Lipinski definition) is 1. The second-order valence-electron chi connectivity index (χ2n) is 5.07. The highest BCUT2D eigenvalue weighted by Gasteiger charge is 2.24. The normalized spacial score (nSPS) is 15.4. The fraction of sp³-hybridized carbons (Fsp3) is 0.692. The zero-order chi connectivity index (χ0) is 12.2. The fourth-order valence-corrected chi connectivity index (χ4v) is 3.31. The van der Waals surface area contributed by atoms with Gasteiger partial charge < -0.3 is 5.32 Å². The first-order valence-corrected chi connectivity index (χ1v) is 7.59. The molecule has 3 heteroatoms. The van der Waals surface area contributed by atoms with Crippen molar-refractivity contribution in [3.8, 4) is 0 Å². The summed E-state index contributed by atoms with van der Waals surface area (Å²) in [6.07, 6.45) is 2.36. The first-order valence-electron chi connectivity index (χ1n) is 5.92. The molecule has 0 aliphatic heterocycles. The highest BCUT2D eigenvalue weighted by Crippen LogP contribution is 2.32. The van der Waals surface area contributed by atoms with Gasteiger partial charge in [0.1, 0.15) is 0 Å². The molecule has 0 radical (unpaired) electrons. The van der Waals surface area contributed by atoms with E-state index in [1.54, 1.807) is 0 Å². The van der Waals surface area contributed by atoms with Crippen molar-refractivity contribution in [1.82, 2.24) is 5.32 Å². The summed E-state index contributed by atoms with van der Waals surface area (Å²) in [5.41, 5.74) is 0.359. The summed E-state index contributed by atoms with van der Waals surface area (Å²) in [4.78, 5) is 1.47. The molecule has 0 saturated carbocycles. The highest BCUT2D eigenvalue weighted by molar-refractivity contribution is 9.10. The van der Waals surface area contributed by atoms with Crippen LogP contribution >= 0.6 is 27.3 Å². The van der Waals surface area contributed by atoms with Gasteiger partial charge >= 0.3 is 0 Å². The average Bonchev–Trinajstić information content (AvgIpc) is 2.62. The summed E-state index contributed by atoms with van der Waals surface area (Å²) >= 11 is 5.47. The monoisotopic (exact) mass is 303 g/mol. The van der Waals surface area contributed by atoms with Crippen LogP contribution in [0.2, 0.25) is 0 Å². The molecule has 1 rings (SSSR count). The van der Waals surface area contributed by atoms with Crippen LogP contribution in [-0.4, -0.2) is 12.6 Å². The molecule has 1 heterocycles. The molecule has 1 unspecified atom stereocenters. The van der Waals surface area contributed by atoms with E-state index in [4.69, 9.17) is 0 Å². The zero-order valence-electron chi connectivity index (χ0n) is 10.6. The minimum atomic E-state index is 0.359. The summed E-state index contributed by atoms with van der Waals surface area (Å²) in [6, 6.07) is 2.71. The lowest BCUT2D eigenvalue weighted by molar-refractivity contribution is 0.282. The van der Waals surface area contributed by atoms with E-state index in [-0.39, 0.29) is 0 Å². The molecule has 0 bridgehead atoms. The Morgan fingerprint density at radius 1 is 1.50 bits per heavy atom. The van der Waals surface area contributed by atoms with Gasteiger partial charge in [0.05, 0.1) is 0 Å². The van der Waals surface area contributed by atoms with Gasteiger partial charge in [-0.15, -0.1) is 11.3 Å². The fourth-order valence-electron chi connectivity index (χ4n) is 1.60. The number of nitrogens with one attached hydrogen (secondary N) is 1. The van der Waals surface area contributed by atoms with Gasteiger partial charge in [-0.3, -0.25) is 0 Å². The molecular formula is C13H22BrNS. The minimum Gasteiger partial charge on any atom is -0.314 e. The number of hydrogen-bond acceptors (Lipinski definition) is 2. The molecule has 0 amide bonds. The summed E-state index contributed by atoms with van der Waals surface area (Å²) in [7, 11) is 0. The third kappa shape index (κ3) is 4.19. The van der Waals surface area contributed by atoms with E-state index >= 15 is 0 Å². The third-order valence-corrected chi connectivity index (χ3v) is 5.00. The Balaban J connectivity index is 2.62. The maximum absolute atomic E-state index is 3.62. The smallest absolute Gasteiger partial charge is 0.0314 e. The summed E-state index contributed by atoms with van der Waals surface area (Å²) in [5, 5.41) is 5.72. The van der Waals surface area contributed by atoms with Crippen LogP contribution in [0.5, 0.6) is 0 Å². The summed E-state index contributed by atoms with van der Waals surface area (Å²) in [5.74, 6) is 0. The van der Waals surface area contributed by atoms with Crippen molar-refractivity contribution in [2.45, 2.75) is 46.6 Å². The van der Waals surface area contributed by atoms with E-state index in [2.05, 4.69) is 60.4 Å². The molecular weight excluding hydrogens is 282 g/mol. The van der Waals surface area contributed by atoms with Gasteiger partial charge in [0.25, 0.3) is 0 Å². The van der Waals surface area contributed by atoms with Crippen molar-refractivity contribution in [2.75, 3.05) is 6.54 Å². The predicted octanol–water partition coefficient (Wildman–Crippen LogP) is 4.47. The van der Waals surface area contributed by atoms with Crippen molar-refractivity contribution in [3.63, 3.8) is 0 Å². The Labute approximate surface area is 112 Å². The second-order valence-corrected chi connectivity index (χ2v) is 6.92. The Morgan fingerprint density at radius 2 is 2.19 bits per heavy atom. The molecule has 1 nitrogen and oxygen atoms in total. The van der Waals surface area contributed by atoms with E-state index < -0.39 is 0 Å². The van der Waals surface area contributed by atoms with Gasteiger partial charge in [-0.05, 0) is 45.6 Å². The van der Waals surface area contributed by atoms with Crippen LogP contribution in [0.4, 0.5) is 0 Å². The highest BCUT2D eigenvalue weighted by atomic mass is 79.9. The third-order valence-electron chi connectivity index (χ3n) is 3.07. The Bertz CT molecular complexity index is 321. The minimum absolute atomic E-state index is 0.359. The Hall–Kier alpha value is 0.140. The van der Waals surface area contributed by atoms with Crippen molar-refractivity contribution in [2.24, 2.45) is 5.41 Å². The SMILES string of the molecule is CCC(C)(CNC(C)C)Cc1sccc1Br. The van der Waals surface area contributed by atoms with Crippen LogP contribution in [0.15, 0.2) is 15.9 Å². The van der Waals surface area contributed by atoms with Crippen LogP contribution in [0.25, 0.3) is 0 Å². The van der Waals surface area contributed by atoms with E-state index in [9.17, 15) is 0 Å². The lowest BCUT2D eigenvalue weighted by atomic mass is 9.83. The molecule has 0 aliphatic carbocycles. The van der Waals surface area contributed by atoms with E-state index in [0.29, 0.717) is 11.5 Å². The molecule has 0 fully saturated rings. The standard InChI is InChI=1S/C13H22BrNS/c1-5-13(4,9-15-10(2)3)8-12-11(14)6-7-16-12/h6-7,10,15H,5,8-9H2,1-4H3. The van der Waals surface area contributed by atoms with Crippen LogP contribution in [0, 0.1) is 5.41 Å². The van der Waals surface area contributed by atoms with Gasteiger partial charge in [0, 0.05) is 21.9 Å². The van der Waals surface area contributed by atoms with E-state index in [0.717, 1.165) is 13.0 Å². The Morgan fingerprint density at radius 3 is 2.62 bits per heavy atom. The zero-order valence-corrected chi connectivity index (χ0v) is 13.0.